The van der Waals surface area contributed by atoms with Crippen molar-refractivity contribution in [3.8, 4) is 0 Å². The number of nitro benzene ring substituents is 1. The van der Waals surface area contributed by atoms with Crippen LogP contribution in [0.2, 0.25) is 0 Å². The number of nitro groups is 1. The average Bonchev–Trinajstić information content (AvgIpc) is 2.89. The minimum Gasteiger partial charge on any atom is -0.364 e. The SMILES string of the molecule is CC(=O)CC(c1ccc([N+](=O)[O-])cc1)c1ccc[nH]1. The molecule has 1 atom stereocenters. The highest BCUT2D eigenvalue weighted by molar-refractivity contribution is 5.77. The highest BCUT2D eigenvalue weighted by Crippen LogP contribution is 2.28. The summed E-state index contributed by atoms with van der Waals surface area (Å²) in [7, 11) is 0. The second-order valence-electron chi connectivity index (χ2n) is 4.43. The van der Waals surface area contributed by atoms with E-state index >= 15 is 0 Å². The van der Waals surface area contributed by atoms with Gasteiger partial charge in [0, 0.05) is 36.4 Å². The van der Waals surface area contributed by atoms with Gasteiger partial charge in [-0.05, 0) is 24.6 Å². The molecule has 0 fully saturated rings. The predicted octanol–water partition coefficient (Wildman–Crippen LogP) is 3.03. The van der Waals surface area contributed by atoms with Gasteiger partial charge in [0.15, 0.2) is 0 Å². The Bertz CT molecular complexity index is 573. The van der Waals surface area contributed by atoms with Gasteiger partial charge in [0.25, 0.3) is 5.69 Å². The monoisotopic (exact) mass is 258 g/mol. The molecule has 0 radical (unpaired) electrons. The maximum absolute atomic E-state index is 11.4. The van der Waals surface area contributed by atoms with Crippen LogP contribution in [-0.4, -0.2) is 15.7 Å². The summed E-state index contributed by atoms with van der Waals surface area (Å²) in [6.45, 7) is 1.54. The number of hydrogen-bond donors (Lipinski definition) is 1. The van der Waals surface area contributed by atoms with Crippen LogP contribution in [0.5, 0.6) is 0 Å². The third-order valence-corrected chi connectivity index (χ3v) is 3.00. The summed E-state index contributed by atoms with van der Waals surface area (Å²) in [5.74, 6) is -0.00810. The molecule has 5 nitrogen and oxygen atoms in total. The first-order chi connectivity index (χ1) is 9.08. The fraction of sp³-hybridized carbons (Fsp3) is 0.214. The lowest BCUT2D eigenvalue weighted by Gasteiger charge is -2.14. The van der Waals surface area contributed by atoms with Crippen molar-refractivity contribution >= 4 is 11.5 Å². The number of nitrogens with one attached hydrogen (secondary N) is 1. The summed E-state index contributed by atoms with van der Waals surface area (Å²) >= 11 is 0. The van der Waals surface area contributed by atoms with Gasteiger partial charge in [-0.25, -0.2) is 0 Å². The molecule has 1 aromatic carbocycles. The fourth-order valence-corrected chi connectivity index (χ4v) is 2.08. The fourth-order valence-electron chi connectivity index (χ4n) is 2.08. The zero-order valence-electron chi connectivity index (χ0n) is 10.5. The quantitative estimate of drug-likeness (QED) is 0.661. The van der Waals surface area contributed by atoms with Crippen molar-refractivity contribution in [2.24, 2.45) is 0 Å². The minimum absolute atomic E-state index is 0.0526. The second-order valence-corrected chi connectivity index (χ2v) is 4.43. The van der Waals surface area contributed by atoms with Crippen LogP contribution >= 0.6 is 0 Å². The third kappa shape index (κ3) is 3.07. The van der Waals surface area contributed by atoms with E-state index in [1.807, 2.05) is 12.1 Å². The smallest absolute Gasteiger partial charge is 0.269 e. The number of aromatic nitrogens is 1. The first-order valence-electron chi connectivity index (χ1n) is 5.95. The van der Waals surface area contributed by atoms with Crippen LogP contribution in [0.15, 0.2) is 42.6 Å². The van der Waals surface area contributed by atoms with E-state index in [4.69, 9.17) is 0 Å². The van der Waals surface area contributed by atoms with Crippen molar-refractivity contribution in [2.75, 3.05) is 0 Å². The number of non-ortho nitro benzene ring substituents is 1. The van der Waals surface area contributed by atoms with Gasteiger partial charge in [-0.1, -0.05) is 12.1 Å². The standard InChI is InChI=1S/C14H14N2O3/c1-10(17)9-13(14-3-2-8-15-14)11-4-6-12(7-5-11)16(18)19/h2-8,13,15H,9H2,1H3. The Morgan fingerprint density at radius 2 is 2.00 bits per heavy atom. The number of rotatable bonds is 5. The van der Waals surface area contributed by atoms with Crippen LogP contribution in [-0.2, 0) is 4.79 Å². The highest BCUT2D eigenvalue weighted by atomic mass is 16.6. The minimum atomic E-state index is -0.432. The molecule has 0 aliphatic heterocycles. The topological polar surface area (TPSA) is 76.0 Å². The molecule has 0 spiro atoms. The van der Waals surface area contributed by atoms with Crippen molar-refractivity contribution in [2.45, 2.75) is 19.3 Å². The number of carbonyl (C=O) groups excluding carboxylic acids is 1. The Morgan fingerprint density at radius 1 is 1.32 bits per heavy atom. The summed E-state index contributed by atoms with van der Waals surface area (Å²) in [5, 5.41) is 10.6. The first kappa shape index (κ1) is 13.0. The van der Waals surface area contributed by atoms with Gasteiger partial charge in [0.05, 0.1) is 4.92 Å². The molecule has 1 unspecified atom stereocenters. The van der Waals surface area contributed by atoms with Gasteiger partial charge in [-0.3, -0.25) is 14.9 Å². The van der Waals surface area contributed by atoms with E-state index in [0.717, 1.165) is 11.3 Å². The summed E-state index contributed by atoms with van der Waals surface area (Å²) < 4.78 is 0. The van der Waals surface area contributed by atoms with Crippen LogP contribution in [0.4, 0.5) is 5.69 Å². The number of Topliss-reactive ketones (excluding diaryl/α,β-unsaturated/α-hetero) is 1. The molecular weight excluding hydrogens is 244 g/mol. The Kier molecular flexibility index (Phi) is 3.75. The van der Waals surface area contributed by atoms with Crippen LogP contribution in [0.1, 0.15) is 30.5 Å². The van der Waals surface area contributed by atoms with Crippen LogP contribution in [0, 0.1) is 10.1 Å². The molecule has 0 amide bonds. The van der Waals surface area contributed by atoms with Crippen molar-refractivity contribution in [3.63, 3.8) is 0 Å². The van der Waals surface area contributed by atoms with E-state index in [2.05, 4.69) is 4.98 Å². The first-order valence-corrected chi connectivity index (χ1v) is 5.95. The maximum atomic E-state index is 11.4. The summed E-state index contributed by atoms with van der Waals surface area (Å²) in [6.07, 6.45) is 2.17. The third-order valence-electron chi connectivity index (χ3n) is 3.00. The summed E-state index contributed by atoms with van der Waals surface area (Å²) in [4.78, 5) is 24.7. The Balaban J connectivity index is 2.33. The lowest BCUT2D eigenvalue weighted by atomic mass is 9.91. The highest BCUT2D eigenvalue weighted by Gasteiger charge is 2.18. The van der Waals surface area contributed by atoms with E-state index in [1.54, 1.807) is 25.3 Å². The van der Waals surface area contributed by atoms with Crippen molar-refractivity contribution in [3.05, 3.63) is 64.0 Å². The summed E-state index contributed by atoms with van der Waals surface area (Å²) in [6, 6.07) is 10.1. The zero-order valence-corrected chi connectivity index (χ0v) is 10.5. The molecule has 0 bridgehead atoms. The molecule has 0 aliphatic carbocycles. The molecule has 5 heteroatoms. The molecule has 2 aromatic rings. The molecule has 1 N–H and O–H groups in total. The van der Waals surface area contributed by atoms with E-state index in [9.17, 15) is 14.9 Å². The maximum Gasteiger partial charge on any atom is 0.269 e. The van der Waals surface area contributed by atoms with Gasteiger partial charge in [-0.15, -0.1) is 0 Å². The van der Waals surface area contributed by atoms with Gasteiger partial charge in [0.2, 0.25) is 0 Å². The lowest BCUT2D eigenvalue weighted by Crippen LogP contribution is -2.06. The zero-order chi connectivity index (χ0) is 13.8. The van der Waals surface area contributed by atoms with Crippen LogP contribution in [0.25, 0.3) is 0 Å². The van der Waals surface area contributed by atoms with Crippen molar-refractivity contribution in [1.82, 2.24) is 4.98 Å². The Hall–Kier alpha value is -2.43. The van der Waals surface area contributed by atoms with E-state index in [1.165, 1.54) is 12.1 Å². The van der Waals surface area contributed by atoms with Crippen molar-refractivity contribution < 1.29 is 9.72 Å². The average molecular weight is 258 g/mol. The number of carbonyl (C=O) groups is 1. The number of benzene rings is 1. The number of hydrogen-bond acceptors (Lipinski definition) is 3. The lowest BCUT2D eigenvalue weighted by molar-refractivity contribution is -0.384. The number of nitrogens with zero attached hydrogens (tertiary/aromatic N) is 1. The molecule has 1 aromatic heterocycles. The Labute approximate surface area is 110 Å². The largest absolute Gasteiger partial charge is 0.364 e. The molecule has 1 heterocycles. The van der Waals surface area contributed by atoms with E-state index in [0.29, 0.717) is 6.42 Å². The predicted molar refractivity (Wildman–Crippen MR) is 71.0 cm³/mol. The molecule has 0 saturated carbocycles. The number of aromatic amines is 1. The van der Waals surface area contributed by atoms with Crippen molar-refractivity contribution in [1.29, 1.82) is 0 Å². The summed E-state index contributed by atoms with van der Waals surface area (Å²) in [5.41, 5.74) is 1.88. The molecule has 0 saturated heterocycles. The molecule has 19 heavy (non-hydrogen) atoms. The molecule has 98 valence electrons. The van der Waals surface area contributed by atoms with Gasteiger partial charge in [0.1, 0.15) is 5.78 Å². The number of ketones is 1. The van der Waals surface area contributed by atoms with Crippen LogP contribution in [0.3, 0.4) is 0 Å². The molecular formula is C14H14N2O3. The molecule has 2 rings (SSSR count). The van der Waals surface area contributed by atoms with E-state index < -0.39 is 4.92 Å². The van der Waals surface area contributed by atoms with Gasteiger partial charge in [-0.2, -0.15) is 0 Å². The Morgan fingerprint density at radius 3 is 2.47 bits per heavy atom. The van der Waals surface area contributed by atoms with Gasteiger partial charge >= 0.3 is 0 Å². The van der Waals surface area contributed by atoms with Crippen LogP contribution < -0.4 is 0 Å². The molecule has 0 aliphatic rings. The normalized spacial score (nSPS) is 12.1. The van der Waals surface area contributed by atoms with Gasteiger partial charge < -0.3 is 4.98 Å². The second kappa shape index (κ2) is 5.48. The van der Waals surface area contributed by atoms with E-state index in [-0.39, 0.29) is 17.4 Å². The number of H-pyrrole nitrogens is 1.